The molecule has 0 aromatic carbocycles. The van der Waals surface area contributed by atoms with Gasteiger partial charge in [0.1, 0.15) is 11.7 Å². The zero-order valence-corrected chi connectivity index (χ0v) is 14.2. The number of nitrogen functional groups attached to an aromatic ring is 1. The van der Waals surface area contributed by atoms with Crippen LogP contribution < -0.4 is 11.1 Å². The first kappa shape index (κ1) is 17.4. The molecule has 1 aliphatic carbocycles. The number of rotatable bonds is 6. The van der Waals surface area contributed by atoms with E-state index in [9.17, 15) is 14.3 Å². The van der Waals surface area contributed by atoms with E-state index in [0.29, 0.717) is 13.0 Å². The number of aliphatic hydroxyl groups excluding tert-OH is 1. The van der Waals surface area contributed by atoms with E-state index >= 15 is 0 Å². The minimum Gasteiger partial charge on any atom is -0.394 e. The summed E-state index contributed by atoms with van der Waals surface area (Å²) >= 11 is 0. The molecule has 0 bridgehead atoms. The van der Waals surface area contributed by atoms with Crippen LogP contribution in [0.1, 0.15) is 36.5 Å². The predicted octanol–water partition coefficient (Wildman–Crippen LogP) is 0.914. The van der Waals surface area contributed by atoms with E-state index in [4.69, 9.17) is 5.73 Å². The molecule has 8 nitrogen and oxygen atoms in total. The third-order valence-corrected chi connectivity index (χ3v) is 4.47. The van der Waals surface area contributed by atoms with Crippen molar-refractivity contribution in [2.45, 2.75) is 37.9 Å². The maximum Gasteiger partial charge on any atom is 0.259 e. The largest absolute Gasteiger partial charge is 0.394 e. The fourth-order valence-corrected chi connectivity index (χ4v) is 2.79. The first-order valence-electron chi connectivity index (χ1n) is 8.34. The second-order valence-corrected chi connectivity index (χ2v) is 6.53. The number of aromatic nitrogens is 2. The predicted molar refractivity (Wildman–Crippen MR) is 93.4 cm³/mol. The number of aliphatic imine (C=N–C) groups is 1. The van der Waals surface area contributed by atoms with Gasteiger partial charge in [0.05, 0.1) is 25.0 Å². The minimum absolute atomic E-state index is 0.0567. The minimum atomic E-state index is -0.862. The number of hydrogen-bond acceptors (Lipinski definition) is 5. The van der Waals surface area contributed by atoms with Crippen LogP contribution in [0.5, 0.6) is 0 Å². The van der Waals surface area contributed by atoms with E-state index in [2.05, 4.69) is 15.4 Å². The SMILES string of the molecule is C/C=C\n1nc(N)c(C(=O)NC2(CO)CC2)c1N=CN1CC[C@H](F)C1. The first-order chi connectivity index (χ1) is 12.0. The molecule has 1 aliphatic heterocycles. The topological polar surface area (TPSA) is 109 Å². The second-order valence-electron chi connectivity index (χ2n) is 6.53. The highest BCUT2D eigenvalue weighted by atomic mass is 19.1. The molecule has 9 heteroatoms. The fourth-order valence-electron chi connectivity index (χ4n) is 2.79. The van der Waals surface area contributed by atoms with Crippen molar-refractivity contribution in [1.29, 1.82) is 0 Å². The number of aliphatic hydroxyl groups is 1. The number of carbonyl (C=O) groups is 1. The number of nitrogens with one attached hydrogen (secondary N) is 1. The van der Waals surface area contributed by atoms with E-state index < -0.39 is 17.6 Å². The van der Waals surface area contributed by atoms with Gasteiger partial charge in [0.2, 0.25) is 0 Å². The molecule has 25 heavy (non-hydrogen) atoms. The number of amides is 1. The number of allylic oxidation sites excluding steroid dienone is 1. The van der Waals surface area contributed by atoms with Crippen molar-refractivity contribution < 1.29 is 14.3 Å². The lowest BCUT2D eigenvalue weighted by Crippen LogP contribution is -2.39. The van der Waals surface area contributed by atoms with Gasteiger partial charge in [-0.2, -0.15) is 0 Å². The summed E-state index contributed by atoms with van der Waals surface area (Å²) in [6, 6.07) is 0. The Morgan fingerprint density at radius 1 is 1.60 bits per heavy atom. The quantitative estimate of drug-likeness (QED) is 0.522. The van der Waals surface area contributed by atoms with Crippen LogP contribution in [0.4, 0.5) is 16.0 Å². The molecule has 2 fully saturated rings. The molecule has 0 radical (unpaired) electrons. The number of carbonyl (C=O) groups excluding carboxylic acids is 1. The standard InChI is InChI=1S/C16H23FN6O2/c1-2-6-23-14(19-10-22-7-3-11(17)8-22)12(13(18)21-23)15(25)20-16(9-24)4-5-16/h2,6,10-11,24H,3-5,7-9H2,1H3,(H2,18,21)(H,20,25)/b6-2-,19-10?/t11-/m0/s1. The van der Waals surface area contributed by atoms with Gasteiger partial charge in [-0.1, -0.05) is 6.08 Å². The van der Waals surface area contributed by atoms with E-state index in [-0.39, 0.29) is 30.4 Å². The number of nitrogens with zero attached hydrogens (tertiary/aromatic N) is 4. The van der Waals surface area contributed by atoms with Crippen LogP contribution in [0.25, 0.3) is 6.20 Å². The monoisotopic (exact) mass is 350 g/mol. The molecule has 0 unspecified atom stereocenters. The van der Waals surface area contributed by atoms with Crippen molar-refractivity contribution in [2.75, 3.05) is 25.4 Å². The molecular weight excluding hydrogens is 327 g/mol. The van der Waals surface area contributed by atoms with Crippen LogP contribution in [-0.2, 0) is 0 Å². The Kier molecular flexibility index (Phi) is 4.76. The van der Waals surface area contributed by atoms with E-state index in [0.717, 1.165) is 12.8 Å². The van der Waals surface area contributed by atoms with Gasteiger partial charge in [0, 0.05) is 12.7 Å². The van der Waals surface area contributed by atoms with Gasteiger partial charge in [-0.05, 0) is 26.2 Å². The van der Waals surface area contributed by atoms with Gasteiger partial charge in [-0.25, -0.2) is 14.1 Å². The van der Waals surface area contributed by atoms with Crippen LogP contribution in [0.2, 0.25) is 0 Å². The summed E-state index contributed by atoms with van der Waals surface area (Å²) in [6.45, 7) is 2.55. The van der Waals surface area contributed by atoms with Crippen LogP contribution in [0.3, 0.4) is 0 Å². The number of anilines is 1. The molecule has 1 saturated heterocycles. The third-order valence-electron chi connectivity index (χ3n) is 4.47. The summed E-state index contributed by atoms with van der Waals surface area (Å²) in [5, 5.41) is 16.3. The molecule has 0 spiro atoms. The number of nitrogens with two attached hydrogens (primary N) is 1. The van der Waals surface area contributed by atoms with Gasteiger partial charge < -0.3 is 21.1 Å². The molecule has 1 aromatic rings. The highest BCUT2D eigenvalue weighted by Crippen LogP contribution is 2.36. The Morgan fingerprint density at radius 3 is 2.92 bits per heavy atom. The molecule has 1 saturated carbocycles. The molecule has 4 N–H and O–H groups in total. The molecule has 2 heterocycles. The fraction of sp³-hybridized carbons (Fsp3) is 0.562. The lowest BCUT2D eigenvalue weighted by atomic mass is 10.2. The third kappa shape index (κ3) is 3.65. The van der Waals surface area contributed by atoms with Crippen molar-refractivity contribution in [3.8, 4) is 0 Å². The normalized spacial score (nSPS) is 22.2. The Bertz CT molecular complexity index is 710. The highest BCUT2D eigenvalue weighted by Gasteiger charge is 2.44. The van der Waals surface area contributed by atoms with Crippen molar-refractivity contribution in [3.63, 3.8) is 0 Å². The summed E-state index contributed by atoms with van der Waals surface area (Å²) in [5.41, 5.74) is 5.51. The van der Waals surface area contributed by atoms with Crippen LogP contribution in [-0.4, -0.2) is 63.4 Å². The number of likely N-dealkylation sites (tertiary alicyclic amines) is 1. The van der Waals surface area contributed by atoms with E-state index in [1.165, 1.54) is 11.0 Å². The summed E-state index contributed by atoms with van der Waals surface area (Å²) in [5.74, 6) is -0.0813. The van der Waals surface area contributed by atoms with Gasteiger partial charge >= 0.3 is 0 Å². The Balaban J connectivity index is 1.88. The average molecular weight is 350 g/mol. The van der Waals surface area contributed by atoms with Crippen LogP contribution in [0, 0.1) is 0 Å². The highest BCUT2D eigenvalue weighted by molar-refractivity contribution is 6.03. The van der Waals surface area contributed by atoms with Crippen molar-refractivity contribution in [1.82, 2.24) is 20.0 Å². The molecule has 2 aliphatic rings. The summed E-state index contributed by atoms with van der Waals surface area (Å²) < 4.78 is 14.7. The maximum atomic E-state index is 13.3. The summed E-state index contributed by atoms with van der Waals surface area (Å²) in [4.78, 5) is 18.7. The molecule has 3 rings (SSSR count). The zero-order valence-electron chi connectivity index (χ0n) is 14.2. The molecule has 1 amide bonds. The van der Waals surface area contributed by atoms with E-state index in [1.807, 2.05) is 6.92 Å². The summed E-state index contributed by atoms with van der Waals surface area (Å²) in [6.07, 6.45) is 5.96. The smallest absolute Gasteiger partial charge is 0.259 e. The average Bonchev–Trinajstić information content (AvgIpc) is 3.11. The van der Waals surface area contributed by atoms with Crippen LogP contribution >= 0.6 is 0 Å². The summed E-state index contributed by atoms with van der Waals surface area (Å²) in [7, 11) is 0. The van der Waals surface area contributed by atoms with Crippen molar-refractivity contribution in [3.05, 3.63) is 11.6 Å². The van der Waals surface area contributed by atoms with Gasteiger partial charge in [-0.15, -0.1) is 5.10 Å². The van der Waals surface area contributed by atoms with Gasteiger partial charge in [0.25, 0.3) is 5.91 Å². The lowest BCUT2D eigenvalue weighted by Gasteiger charge is -2.14. The van der Waals surface area contributed by atoms with Gasteiger partial charge in [0.15, 0.2) is 11.6 Å². The number of halogens is 1. The molecule has 1 atom stereocenters. The molecular formula is C16H23FN6O2. The Hall–Kier alpha value is -2.42. The number of alkyl halides is 1. The van der Waals surface area contributed by atoms with Crippen molar-refractivity contribution >= 4 is 30.1 Å². The zero-order chi connectivity index (χ0) is 18.0. The van der Waals surface area contributed by atoms with Gasteiger partial charge in [-0.3, -0.25) is 4.79 Å². The second kappa shape index (κ2) is 6.83. The Morgan fingerprint density at radius 2 is 2.36 bits per heavy atom. The van der Waals surface area contributed by atoms with Crippen LogP contribution in [0.15, 0.2) is 11.1 Å². The molecule has 1 aromatic heterocycles. The number of hydrogen-bond donors (Lipinski definition) is 3. The lowest BCUT2D eigenvalue weighted by molar-refractivity contribution is 0.0908. The Labute approximate surface area is 145 Å². The first-order valence-corrected chi connectivity index (χ1v) is 8.34. The maximum absolute atomic E-state index is 13.3. The van der Waals surface area contributed by atoms with Crippen molar-refractivity contribution in [2.24, 2.45) is 4.99 Å². The molecule has 136 valence electrons. The van der Waals surface area contributed by atoms with E-state index in [1.54, 1.807) is 17.2 Å².